The van der Waals surface area contributed by atoms with Gasteiger partial charge in [0.15, 0.2) is 0 Å². The fraction of sp³-hybridized carbons (Fsp3) is 0.407. The standard InChI is InChI=1S/C27H30N4O6S/c1-17-20-23(32)31(27(2,3)25(33)29-12-15-36-16-13-29)26(34)30(11-9-18-7-5-6-8-19(18)35-4)24(20)38-21(17)22-28-10-14-37-22/h5-8,10,14H,9,11-13,15-16H2,1-4H3. The van der Waals surface area contributed by atoms with Gasteiger partial charge in [0.2, 0.25) is 11.8 Å². The van der Waals surface area contributed by atoms with Crippen molar-refractivity contribution in [3.8, 4) is 16.5 Å². The van der Waals surface area contributed by atoms with Crippen LogP contribution in [-0.2, 0) is 28.0 Å². The van der Waals surface area contributed by atoms with Crippen molar-refractivity contribution in [3.05, 3.63) is 68.7 Å². The molecule has 0 aliphatic carbocycles. The van der Waals surface area contributed by atoms with E-state index in [0.29, 0.717) is 59.3 Å². The number of aryl methyl sites for hydroxylation is 3. The molecule has 4 aromatic rings. The van der Waals surface area contributed by atoms with Gasteiger partial charge in [-0.1, -0.05) is 18.2 Å². The Morgan fingerprint density at radius 2 is 1.92 bits per heavy atom. The van der Waals surface area contributed by atoms with E-state index in [9.17, 15) is 14.4 Å². The number of morpholine rings is 1. The molecule has 200 valence electrons. The second-order valence-corrected chi connectivity index (χ2v) is 10.7. The molecule has 0 spiro atoms. The molecule has 3 aromatic heterocycles. The minimum absolute atomic E-state index is 0.281. The van der Waals surface area contributed by atoms with E-state index in [2.05, 4.69) is 4.98 Å². The van der Waals surface area contributed by atoms with Gasteiger partial charge >= 0.3 is 5.69 Å². The number of aromatic nitrogens is 3. The Morgan fingerprint density at radius 3 is 2.61 bits per heavy atom. The van der Waals surface area contributed by atoms with Crippen LogP contribution in [0.15, 0.2) is 50.7 Å². The summed E-state index contributed by atoms with van der Waals surface area (Å²) in [7, 11) is 1.61. The number of para-hydroxylation sites is 1. The van der Waals surface area contributed by atoms with E-state index in [4.69, 9.17) is 13.9 Å². The highest BCUT2D eigenvalue weighted by Gasteiger charge is 2.38. The summed E-state index contributed by atoms with van der Waals surface area (Å²) >= 11 is 1.29. The van der Waals surface area contributed by atoms with Gasteiger partial charge in [0, 0.05) is 19.6 Å². The van der Waals surface area contributed by atoms with Crippen LogP contribution in [0.3, 0.4) is 0 Å². The molecular formula is C27H30N4O6S. The molecule has 0 bridgehead atoms. The molecule has 4 heterocycles. The number of fused-ring (bicyclic) bond motifs is 1. The molecule has 5 rings (SSSR count). The van der Waals surface area contributed by atoms with E-state index in [1.807, 2.05) is 31.2 Å². The number of hydrogen-bond acceptors (Lipinski definition) is 8. The van der Waals surface area contributed by atoms with Crippen LogP contribution in [0.1, 0.15) is 25.0 Å². The Bertz CT molecular complexity index is 1590. The van der Waals surface area contributed by atoms with E-state index < -0.39 is 16.8 Å². The number of amides is 1. The third-order valence-electron chi connectivity index (χ3n) is 7.02. The van der Waals surface area contributed by atoms with Crippen molar-refractivity contribution in [2.24, 2.45) is 0 Å². The number of benzene rings is 1. The first-order chi connectivity index (χ1) is 18.3. The van der Waals surface area contributed by atoms with Gasteiger partial charge in [-0.25, -0.2) is 14.3 Å². The Labute approximate surface area is 223 Å². The zero-order valence-electron chi connectivity index (χ0n) is 21.9. The molecule has 1 aliphatic rings. The quantitative estimate of drug-likeness (QED) is 0.356. The summed E-state index contributed by atoms with van der Waals surface area (Å²) in [4.78, 5) is 48.8. The molecular weight excluding hydrogens is 508 g/mol. The molecule has 0 atom stereocenters. The monoisotopic (exact) mass is 538 g/mol. The first-order valence-corrected chi connectivity index (χ1v) is 13.3. The van der Waals surface area contributed by atoms with Crippen LogP contribution in [-0.4, -0.2) is 58.3 Å². The maximum absolute atomic E-state index is 14.1. The van der Waals surface area contributed by atoms with Gasteiger partial charge in [-0.2, -0.15) is 0 Å². The summed E-state index contributed by atoms with van der Waals surface area (Å²) in [5.74, 6) is 0.800. The Balaban J connectivity index is 1.70. The molecule has 10 nitrogen and oxygen atoms in total. The number of carbonyl (C=O) groups is 1. The van der Waals surface area contributed by atoms with Crippen molar-refractivity contribution in [2.45, 2.75) is 39.3 Å². The highest BCUT2D eigenvalue weighted by atomic mass is 32.1. The third-order valence-corrected chi connectivity index (χ3v) is 8.32. The van der Waals surface area contributed by atoms with Crippen molar-refractivity contribution < 1.29 is 18.7 Å². The molecule has 1 saturated heterocycles. The van der Waals surface area contributed by atoms with E-state index in [-0.39, 0.29) is 12.5 Å². The average molecular weight is 539 g/mol. The summed E-state index contributed by atoms with van der Waals surface area (Å²) in [5, 5.41) is 0.380. The minimum Gasteiger partial charge on any atom is -0.496 e. The predicted molar refractivity (Wildman–Crippen MR) is 144 cm³/mol. The first kappa shape index (κ1) is 25.9. The highest BCUT2D eigenvalue weighted by molar-refractivity contribution is 7.22. The predicted octanol–water partition coefficient (Wildman–Crippen LogP) is 3.03. The molecule has 1 amide bonds. The van der Waals surface area contributed by atoms with Crippen LogP contribution in [0.4, 0.5) is 0 Å². The van der Waals surface area contributed by atoms with Crippen molar-refractivity contribution >= 4 is 27.5 Å². The van der Waals surface area contributed by atoms with Gasteiger partial charge in [-0.05, 0) is 44.4 Å². The number of nitrogens with zero attached hydrogens (tertiary/aromatic N) is 4. The fourth-order valence-corrected chi connectivity index (χ4v) is 6.23. The van der Waals surface area contributed by atoms with E-state index in [1.165, 1.54) is 23.8 Å². The van der Waals surface area contributed by atoms with E-state index in [1.54, 1.807) is 30.4 Å². The third kappa shape index (κ3) is 4.35. The number of oxazole rings is 1. The van der Waals surface area contributed by atoms with E-state index in [0.717, 1.165) is 15.9 Å². The second-order valence-electron chi connectivity index (χ2n) is 9.67. The lowest BCUT2D eigenvalue weighted by molar-refractivity contribution is -0.143. The van der Waals surface area contributed by atoms with Crippen LogP contribution in [0.5, 0.6) is 5.75 Å². The molecule has 0 N–H and O–H groups in total. The van der Waals surface area contributed by atoms with Crippen LogP contribution in [0.25, 0.3) is 21.0 Å². The van der Waals surface area contributed by atoms with Gasteiger partial charge in [0.1, 0.15) is 22.4 Å². The summed E-state index contributed by atoms with van der Waals surface area (Å²) in [6, 6.07) is 7.62. The van der Waals surface area contributed by atoms with Crippen molar-refractivity contribution in [2.75, 3.05) is 33.4 Å². The van der Waals surface area contributed by atoms with Gasteiger partial charge in [-0.3, -0.25) is 14.2 Å². The Hall–Kier alpha value is -3.70. The fourth-order valence-electron chi connectivity index (χ4n) is 4.97. The van der Waals surface area contributed by atoms with Crippen molar-refractivity contribution in [1.29, 1.82) is 0 Å². The van der Waals surface area contributed by atoms with Crippen LogP contribution < -0.4 is 16.0 Å². The van der Waals surface area contributed by atoms with Gasteiger partial charge in [0.25, 0.3) is 5.56 Å². The zero-order valence-corrected chi connectivity index (χ0v) is 22.7. The zero-order chi connectivity index (χ0) is 27.0. The van der Waals surface area contributed by atoms with Crippen molar-refractivity contribution in [3.63, 3.8) is 0 Å². The van der Waals surface area contributed by atoms with Gasteiger partial charge in [0.05, 0.1) is 36.8 Å². The maximum Gasteiger partial charge on any atom is 0.333 e. The Kier molecular flexibility index (Phi) is 6.97. The summed E-state index contributed by atoms with van der Waals surface area (Å²) in [5.41, 5.74) is -0.867. The highest BCUT2D eigenvalue weighted by Crippen LogP contribution is 2.36. The molecule has 11 heteroatoms. The molecule has 0 radical (unpaired) electrons. The number of carbonyl (C=O) groups excluding carboxylic acids is 1. The molecule has 1 aromatic carbocycles. The maximum atomic E-state index is 14.1. The van der Waals surface area contributed by atoms with Crippen molar-refractivity contribution in [1.82, 2.24) is 19.0 Å². The number of rotatable bonds is 7. The minimum atomic E-state index is -1.41. The number of methoxy groups -OCH3 is 1. The van der Waals surface area contributed by atoms with Gasteiger partial charge in [-0.15, -0.1) is 11.3 Å². The normalized spacial score (nSPS) is 14.3. The SMILES string of the molecule is COc1ccccc1CCn1c(=O)n(C(C)(C)C(=O)N2CCOCC2)c(=O)c2c(C)c(-c3ncco3)sc21. The molecule has 0 saturated carbocycles. The Morgan fingerprint density at radius 1 is 1.18 bits per heavy atom. The number of ether oxygens (including phenoxy) is 2. The number of thiophene rings is 1. The lowest BCUT2D eigenvalue weighted by atomic mass is 10.0. The summed E-state index contributed by atoms with van der Waals surface area (Å²) in [6.45, 7) is 7.00. The topological polar surface area (TPSA) is 109 Å². The summed E-state index contributed by atoms with van der Waals surface area (Å²) < 4.78 is 19.1. The van der Waals surface area contributed by atoms with E-state index >= 15 is 0 Å². The lowest BCUT2D eigenvalue weighted by Gasteiger charge is -2.35. The van der Waals surface area contributed by atoms with Crippen LogP contribution >= 0.6 is 11.3 Å². The molecule has 38 heavy (non-hydrogen) atoms. The molecule has 1 fully saturated rings. The lowest BCUT2D eigenvalue weighted by Crippen LogP contribution is -2.58. The first-order valence-electron chi connectivity index (χ1n) is 12.4. The smallest absolute Gasteiger partial charge is 0.333 e. The van der Waals surface area contributed by atoms with Gasteiger partial charge < -0.3 is 18.8 Å². The number of hydrogen-bond donors (Lipinski definition) is 0. The average Bonchev–Trinajstić information content (AvgIpc) is 3.57. The second kappa shape index (κ2) is 10.2. The summed E-state index contributed by atoms with van der Waals surface area (Å²) in [6.07, 6.45) is 3.49. The largest absolute Gasteiger partial charge is 0.496 e. The molecule has 1 aliphatic heterocycles. The van der Waals surface area contributed by atoms with Crippen LogP contribution in [0.2, 0.25) is 0 Å². The van der Waals surface area contributed by atoms with Crippen LogP contribution in [0, 0.1) is 6.92 Å². The molecule has 0 unspecified atom stereocenters.